The second kappa shape index (κ2) is 4.44. The molecule has 3 heteroatoms. The maximum absolute atomic E-state index is 5.88. The number of methoxy groups -OCH3 is 1. The lowest BCUT2D eigenvalue weighted by molar-refractivity contribution is 0.405. The van der Waals surface area contributed by atoms with Crippen LogP contribution in [0, 0.1) is 13.8 Å². The molecule has 1 rings (SSSR count). The van der Waals surface area contributed by atoms with Crippen molar-refractivity contribution >= 4 is 0 Å². The van der Waals surface area contributed by atoms with Gasteiger partial charge < -0.3 is 16.2 Å². The Labute approximate surface area is 85.0 Å². The number of rotatable bonds is 3. The average Bonchev–Trinajstić information content (AvgIpc) is 2.20. The standard InChI is InChI=1S/C11H18N2O/c1-7-4-9(10(13)6-12)11(14-3)5-8(7)2/h4-5,10H,6,12-13H2,1-3H3. The van der Waals surface area contributed by atoms with Crippen molar-refractivity contribution in [2.75, 3.05) is 13.7 Å². The number of benzene rings is 1. The van der Waals surface area contributed by atoms with Crippen molar-refractivity contribution in [1.82, 2.24) is 0 Å². The van der Waals surface area contributed by atoms with Crippen LogP contribution in [0.15, 0.2) is 12.1 Å². The smallest absolute Gasteiger partial charge is 0.123 e. The first-order valence-electron chi connectivity index (χ1n) is 4.71. The van der Waals surface area contributed by atoms with E-state index in [1.807, 2.05) is 12.1 Å². The fraction of sp³-hybridized carbons (Fsp3) is 0.455. The van der Waals surface area contributed by atoms with Crippen molar-refractivity contribution in [3.05, 3.63) is 28.8 Å². The monoisotopic (exact) mass is 194 g/mol. The molecule has 1 aromatic rings. The van der Waals surface area contributed by atoms with E-state index in [0.29, 0.717) is 6.54 Å². The van der Waals surface area contributed by atoms with Gasteiger partial charge in [-0.3, -0.25) is 0 Å². The fourth-order valence-corrected chi connectivity index (χ4v) is 1.41. The molecule has 0 aliphatic carbocycles. The number of nitrogens with two attached hydrogens (primary N) is 2. The molecule has 3 nitrogen and oxygen atoms in total. The summed E-state index contributed by atoms with van der Waals surface area (Å²) >= 11 is 0. The first-order chi connectivity index (χ1) is 6.60. The van der Waals surface area contributed by atoms with Gasteiger partial charge in [0.15, 0.2) is 0 Å². The Morgan fingerprint density at radius 1 is 1.29 bits per heavy atom. The van der Waals surface area contributed by atoms with Crippen LogP contribution >= 0.6 is 0 Å². The molecule has 1 aromatic carbocycles. The van der Waals surface area contributed by atoms with E-state index in [2.05, 4.69) is 13.8 Å². The fourth-order valence-electron chi connectivity index (χ4n) is 1.41. The molecule has 1 unspecified atom stereocenters. The molecule has 0 aliphatic rings. The van der Waals surface area contributed by atoms with Crippen LogP contribution in [0.25, 0.3) is 0 Å². The minimum absolute atomic E-state index is 0.149. The molecule has 0 saturated heterocycles. The van der Waals surface area contributed by atoms with E-state index in [-0.39, 0.29) is 6.04 Å². The van der Waals surface area contributed by atoms with E-state index >= 15 is 0 Å². The highest BCUT2D eigenvalue weighted by molar-refractivity contribution is 5.43. The molecule has 0 bridgehead atoms. The first kappa shape index (κ1) is 11.0. The molecule has 14 heavy (non-hydrogen) atoms. The summed E-state index contributed by atoms with van der Waals surface area (Å²) in [5.74, 6) is 0.825. The Hall–Kier alpha value is -1.06. The zero-order valence-corrected chi connectivity index (χ0v) is 9.00. The van der Waals surface area contributed by atoms with Crippen molar-refractivity contribution in [3.8, 4) is 5.75 Å². The van der Waals surface area contributed by atoms with E-state index in [9.17, 15) is 0 Å². The van der Waals surface area contributed by atoms with Gasteiger partial charge in [-0.15, -0.1) is 0 Å². The zero-order valence-electron chi connectivity index (χ0n) is 9.00. The van der Waals surface area contributed by atoms with Gasteiger partial charge in [0, 0.05) is 18.2 Å². The Kier molecular flexibility index (Phi) is 3.49. The van der Waals surface area contributed by atoms with Crippen molar-refractivity contribution in [2.24, 2.45) is 11.5 Å². The molecular formula is C11H18N2O. The number of ether oxygens (including phenoxy) is 1. The third-order valence-corrected chi connectivity index (χ3v) is 2.50. The van der Waals surface area contributed by atoms with E-state index in [1.165, 1.54) is 11.1 Å². The summed E-state index contributed by atoms with van der Waals surface area (Å²) < 4.78 is 5.27. The summed E-state index contributed by atoms with van der Waals surface area (Å²) in [4.78, 5) is 0. The molecule has 0 saturated carbocycles. The molecule has 4 N–H and O–H groups in total. The van der Waals surface area contributed by atoms with Crippen LogP contribution in [0.1, 0.15) is 22.7 Å². The summed E-state index contributed by atoms with van der Waals surface area (Å²) in [5.41, 5.74) is 14.8. The Morgan fingerprint density at radius 2 is 1.86 bits per heavy atom. The molecule has 78 valence electrons. The number of hydrogen-bond acceptors (Lipinski definition) is 3. The molecule has 1 atom stereocenters. The van der Waals surface area contributed by atoms with Crippen LogP contribution in [0.3, 0.4) is 0 Å². The molecule has 0 aliphatic heterocycles. The zero-order chi connectivity index (χ0) is 10.7. The summed E-state index contributed by atoms with van der Waals surface area (Å²) in [6.45, 7) is 4.54. The highest BCUT2D eigenvalue weighted by atomic mass is 16.5. The lowest BCUT2D eigenvalue weighted by atomic mass is 10.0. The van der Waals surface area contributed by atoms with E-state index < -0.39 is 0 Å². The van der Waals surface area contributed by atoms with E-state index in [0.717, 1.165) is 11.3 Å². The van der Waals surface area contributed by atoms with Crippen molar-refractivity contribution in [3.63, 3.8) is 0 Å². The molecule has 0 amide bonds. The summed E-state index contributed by atoms with van der Waals surface area (Å²) in [6, 6.07) is 3.90. The molecule has 0 spiro atoms. The highest BCUT2D eigenvalue weighted by Gasteiger charge is 2.11. The lowest BCUT2D eigenvalue weighted by Crippen LogP contribution is -2.21. The van der Waals surface area contributed by atoms with Gasteiger partial charge in [-0.05, 0) is 31.0 Å². The predicted octanol–water partition coefficient (Wildman–Crippen LogP) is 1.27. The molecule has 0 radical (unpaired) electrons. The van der Waals surface area contributed by atoms with Crippen molar-refractivity contribution in [2.45, 2.75) is 19.9 Å². The highest BCUT2D eigenvalue weighted by Crippen LogP contribution is 2.26. The second-order valence-electron chi connectivity index (χ2n) is 3.52. The average molecular weight is 194 g/mol. The molecule has 0 aromatic heterocycles. The van der Waals surface area contributed by atoms with Gasteiger partial charge in [0.1, 0.15) is 5.75 Å². The minimum Gasteiger partial charge on any atom is -0.496 e. The minimum atomic E-state index is -0.149. The maximum Gasteiger partial charge on any atom is 0.123 e. The topological polar surface area (TPSA) is 61.3 Å². The Balaban J connectivity index is 3.19. The van der Waals surface area contributed by atoms with Gasteiger partial charge in [-0.2, -0.15) is 0 Å². The van der Waals surface area contributed by atoms with E-state index in [4.69, 9.17) is 16.2 Å². The maximum atomic E-state index is 5.88. The third kappa shape index (κ3) is 2.05. The van der Waals surface area contributed by atoms with E-state index in [1.54, 1.807) is 7.11 Å². The summed E-state index contributed by atoms with van der Waals surface area (Å²) in [6.07, 6.45) is 0. The second-order valence-corrected chi connectivity index (χ2v) is 3.52. The van der Waals surface area contributed by atoms with Crippen LogP contribution < -0.4 is 16.2 Å². The molecule has 0 heterocycles. The van der Waals surface area contributed by atoms with Crippen molar-refractivity contribution in [1.29, 1.82) is 0 Å². The van der Waals surface area contributed by atoms with Crippen LogP contribution in [0.2, 0.25) is 0 Å². The molecular weight excluding hydrogens is 176 g/mol. The van der Waals surface area contributed by atoms with Crippen LogP contribution in [-0.2, 0) is 0 Å². The lowest BCUT2D eigenvalue weighted by Gasteiger charge is -2.16. The van der Waals surface area contributed by atoms with Crippen molar-refractivity contribution < 1.29 is 4.74 Å². The van der Waals surface area contributed by atoms with Crippen LogP contribution in [0.4, 0.5) is 0 Å². The van der Waals surface area contributed by atoms with Gasteiger partial charge in [0.25, 0.3) is 0 Å². The Morgan fingerprint density at radius 3 is 2.36 bits per heavy atom. The Bertz CT molecular complexity index is 323. The quantitative estimate of drug-likeness (QED) is 0.761. The molecule has 0 fully saturated rings. The summed E-state index contributed by atoms with van der Waals surface area (Å²) in [7, 11) is 1.65. The number of aryl methyl sites for hydroxylation is 2. The van der Waals surface area contributed by atoms with Gasteiger partial charge in [0.2, 0.25) is 0 Å². The third-order valence-electron chi connectivity index (χ3n) is 2.50. The summed E-state index contributed by atoms with van der Waals surface area (Å²) in [5, 5.41) is 0. The van der Waals surface area contributed by atoms with Gasteiger partial charge >= 0.3 is 0 Å². The van der Waals surface area contributed by atoms with Gasteiger partial charge in [-0.1, -0.05) is 6.07 Å². The SMILES string of the molecule is COc1cc(C)c(C)cc1C(N)CN. The predicted molar refractivity (Wildman–Crippen MR) is 58.5 cm³/mol. The van der Waals surface area contributed by atoms with Crippen LogP contribution in [-0.4, -0.2) is 13.7 Å². The largest absolute Gasteiger partial charge is 0.496 e. The normalized spacial score (nSPS) is 12.6. The van der Waals surface area contributed by atoms with Gasteiger partial charge in [-0.25, -0.2) is 0 Å². The van der Waals surface area contributed by atoms with Crippen LogP contribution in [0.5, 0.6) is 5.75 Å². The first-order valence-corrected chi connectivity index (χ1v) is 4.71. The number of hydrogen-bond donors (Lipinski definition) is 2. The van der Waals surface area contributed by atoms with Gasteiger partial charge in [0.05, 0.1) is 7.11 Å².